The largest absolute Gasteiger partial charge is 0.507 e. The molecule has 0 saturated heterocycles. The van der Waals surface area contributed by atoms with Crippen LogP contribution in [-0.4, -0.2) is 38.0 Å². The quantitative estimate of drug-likeness (QED) is 0.0494. The minimum atomic E-state index is -1.71. The fourth-order valence-corrected chi connectivity index (χ4v) is 10.7. The van der Waals surface area contributed by atoms with Crippen molar-refractivity contribution in [2.45, 2.75) is 355 Å². The molecule has 0 saturated carbocycles. The first kappa shape index (κ1) is 71.2. The Balaban J connectivity index is 0.000000760. The predicted molar refractivity (Wildman–Crippen MR) is 329 cm³/mol. The van der Waals surface area contributed by atoms with E-state index in [4.69, 9.17) is 0 Å². The molecule has 0 aliphatic rings. The van der Waals surface area contributed by atoms with Crippen LogP contribution >= 0.6 is 0 Å². The Morgan fingerprint density at radius 2 is 0.711 bits per heavy atom. The Kier molecular flexibility index (Phi) is 35.5. The summed E-state index contributed by atoms with van der Waals surface area (Å²) >= 11 is 0. The molecule has 0 aromatic heterocycles. The number of rotatable bonds is 40. The maximum absolute atomic E-state index is 12.1. The predicted octanol–water partition coefficient (Wildman–Crippen LogP) is 21.2. The smallest absolute Gasteiger partial charge is 0.336 e. The van der Waals surface area contributed by atoms with Crippen LogP contribution in [0, 0.1) is 5.92 Å². The van der Waals surface area contributed by atoms with Gasteiger partial charge in [-0.3, -0.25) is 4.79 Å². The minimum Gasteiger partial charge on any atom is -0.507 e. The van der Waals surface area contributed by atoms with Crippen LogP contribution in [0.15, 0.2) is 30.3 Å². The van der Waals surface area contributed by atoms with E-state index in [9.17, 15) is 30.0 Å². The molecule has 0 fully saturated rings. The van der Waals surface area contributed by atoms with E-state index in [2.05, 4.69) is 115 Å². The first-order valence-corrected chi connectivity index (χ1v) is 31.9. The highest BCUT2D eigenvalue weighted by atomic mass is 16.4. The summed E-state index contributed by atoms with van der Waals surface area (Å²) in [6.45, 7) is 30.2. The van der Waals surface area contributed by atoms with E-state index in [1.807, 2.05) is 12.1 Å². The van der Waals surface area contributed by atoms with Crippen molar-refractivity contribution in [2.75, 3.05) is 0 Å². The van der Waals surface area contributed by atoms with Gasteiger partial charge in [0.15, 0.2) is 5.60 Å². The van der Waals surface area contributed by atoms with Crippen molar-refractivity contribution in [1.29, 1.82) is 0 Å². The van der Waals surface area contributed by atoms with Crippen molar-refractivity contribution in [2.24, 2.45) is 5.92 Å². The topological polar surface area (TPSA) is 115 Å². The van der Waals surface area contributed by atoms with Gasteiger partial charge in [0, 0.05) is 6.42 Å². The molecule has 6 nitrogen and oxygen atoms in total. The van der Waals surface area contributed by atoms with Crippen LogP contribution in [0.25, 0.3) is 0 Å². The lowest BCUT2D eigenvalue weighted by Crippen LogP contribution is -2.41. The van der Waals surface area contributed by atoms with Gasteiger partial charge in [0.05, 0.1) is 5.92 Å². The first-order chi connectivity index (χ1) is 35.7. The molecule has 76 heavy (non-hydrogen) atoms. The summed E-state index contributed by atoms with van der Waals surface area (Å²) in [6.07, 6.45) is 43.5. The van der Waals surface area contributed by atoms with Gasteiger partial charge in [-0.1, -0.05) is 326 Å². The minimum absolute atomic E-state index is 0.0365. The van der Waals surface area contributed by atoms with E-state index in [0.717, 1.165) is 60.8 Å². The molecular weight excluding hydrogens is 937 g/mol. The third-order valence-electron chi connectivity index (χ3n) is 16.1. The number of phenolic OH excluding ortho intramolecular Hbond substituents is 1. The van der Waals surface area contributed by atoms with Crippen LogP contribution in [0.2, 0.25) is 0 Å². The van der Waals surface area contributed by atoms with E-state index < -0.39 is 17.5 Å². The number of aliphatic hydroxyl groups is 1. The van der Waals surface area contributed by atoms with Crippen LogP contribution in [0.1, 0.15) is 349 Å². The molecule has 2 aromatic carbocycles. The molecule has 0 bridgehead atoms. The second-order valence-corrected chi connectivity index (χ2v) is 27.9. The van der Waals surface area contributed by atoms with Crippen LogP contribution in [-0.2, 0) is 44.1 Å². The zero-order chi connectivity index (χ0) is 57.3. The lowest BCUT2D eigenvalue weighted by atomic mass is 9.77. The maximum Gasteiger partial charge on any atom is 0.336 e. The number of benzene rings is 2. The second-order valence-electron chi connectivity index (χ2n) is 27.9. The number of carboxylic acids is 2. The Labute approximate surface area is 470 Å². The molecule has 0 amide bonds. The van der Waals surface area contributed by atoms with Crippen molar-refractivity contribution in [3.63, 3.8) is 0 Å². The lowest BCUT2D eigenvalue weighted by Gasteiger charge is -2.29. The third kappa shape index (κ3) is 31.7. The molecule has 2 unspecified atom stereocenters. The summed E-state index contributed by atoms with van der Waals surface area (Å²) in [6, 6.07) is 10.5. The average Bonchev–Trinajstić information content (AvgIpc) is 3.32. The van der Waals surface area contributed by atoms with Gasteiger partial charge in [-0.2, -0.15) is 0 Å². The Bertz CT molecular complexity index is 1760. The Morgan fingerprint density at radius 1 is 0.408 bits per heavy atom. The average molecular weight is 1060 g/mol. The number of aliphatic carboxylic acids is 2. The van der Waals surface area contributed by atoms with Crippen molar-refractivity contribution in [3.05, 3.63) is 63.7 Å². The van der Waals surface area contributed by atoms with Gasteiger partial charge in [0.1, 0.15) is 5.75 Å². The number of hydrogen-bond donors (Lipinski definition) is 4. The summed E-state index contributed by atoms with van der Waals surface area (Å²) in [7, 11) is 0. The number of carboxylic acid groups (broad SMARTS) is 2. The summed E-state index contributed by atoms with van der Waals surface area (Å²) in [5.41, 5.74) is 3.96. The number of phenols is 1. The zero-order valence-electron chi connectivity index (χ0n) is 52.5. The van der Waals surface area contributed by atoms with Gasteiger partial charge in [0.2, 0.25) is 0 Å². The summed E-state index contributed by atoms with van der Waals surface area (Å²) in [4.78, 5) is 24.2. The van der Waals surface area contributed by atoms with Gasteiger partial charge < -0.3 is 20.4 Å². The van der Waals surface area contributed by atoms with Crippen molar-refractivity contribution >= 4 is 11.9 Å². The number of hydrogen-bond acceptors (Lipinski definition) is 4. The number of carbonyl (C=O) groups is 2. The van der Waals surface area contributed by atoms with Crippen molar-refractivity contribution < 1.29 is 30.0 Å². The molecule has 4 N–H and O–H groups in total. The SMILES string of the molecule is CCCCCCCCCCCCCCCCCCC(Cc1cc(C(C)(C)C)c(O)c(C(C)(C)C)c1)C(=O)O.CCCCCCCCCCCCCCCCCCC(O)(Cc1cc(C(C)(C)C)cc(C(C)(C)C)c1)C(=O)O. The van der Waals surface area contributed by atoms with E-state index in [0.29, 0.717) is 18.6 Å². The Hall–Kier alpha value is -2.86. The highest BCUT2D eigenvalue weighted by molar-refractivity contribution is 5.77. The van der Waals surface area contributed by atoms with Gasteiger partial charge >= 0.3 is 11.9 Å². The molecular formula is C70H124O6. The fraction of sp³-hybridized carbons (Fsp3) is 0.800. The molecule has 440 valence electrons. The molecule has 0 aliphatic heterocycles. The molecule has 0 spiro atoms. The summed E-state index contributed by atoms with van der Waals surface area (Å²) in [5, 5.41) is 42.0. The Morgan fingerprint density at radius 3 is 0.987 bits per heavy atom. The monoisotopic (exact) mass is 1060 g/mol. The fourth-order valence-electron chi connectivity index (χ4n) is 10.7. The van der Waals surface area contributed by atoms with E-state index in [1.165, 1.54) is 184 Å². The molecule has 2 aromatic rings. The van der Waals surface area contributed by atoms with E-state index >= 15 is 0 Å². The normalized spacial score (nSPS) is 13.6. The van der Waals surface area contributed by atoms with Crippen molar-refractivity contribution in [3.8, 4) is 5.75 Å². The van der Waals surface area contributed by atoms with Gasteiger partial charge in [-0.05, 0) is 80.7 Å². The molecule has 2 atom stereocenters. The third-order valence-corrected chi connectivity index (χ3v) is 16.1. The number of aromatic hydroxyl groups is 1. The van der Waals surface area contributed by atoms with E-state index in [1.54, 1.807) is 0 Å². The zero-order valence-corrected chi connectivity index (χ0v) is 52.5. The van der Waals surface area contributed by atoms with Gasteiger partial charge in [0.25, 0.3) is 0 Å². The van der Waals surface area contributed by atoms with Gasteiger partial charge in [-0.15, -0.1) is 0 Å². The van der Waals surface area contributed by atoms with Crippen LogP contribution < -0.4 is 0 Å². The van der Waals surface area contributed by atoms with Gasteiger partial charge in [-0.25, -0.2) is 4.79 Å². The first-order valence-electron chi connectivity index (χ1n) is 31.9. The maximum atomic E-state index is 12.1. The molecule has 0 aliphatic carbocycles. The number of unbranched alkanes of at least 4 members (excludes halogenated alkanes) is 30. The van der Waals surface area contributed by atoms with Crippen LogP contribution in [0.4, 0.5) is 0 Å². The second kappa shape index (κ2) is 37.9. The van der Waals surface area contributed by atoms with Crippen molar-refractivity contribution in [1.82, 2.24) is 0 Å². The van der Waals surface area contributed by atoms with Crippen LogP contribution in [0.3, 0.4) is 0 Å². The highest BCUT2D eigenvalue weighted by Gasteiger charge is 2.36. The standard InChI is InChI=1S/2C35H62O3/c1-8-9-10-11-12-13-14-15-16-17-18-19-20-21-22-23-24-35(38,32(36)37)28-29-25-30(33(2,3)4)27-31(26-29)34(5,6)7;1-8-9-10-11-12-13-14-15-16-17-18-19-20-21-22-23-24-29(33(37)38)25-28-26-30(34(2,3)4)32(36)31(27-28)35(5,6)7/h25-27,38H,8-24,28H2,1-7H3,(H,36,37);26-27,29,36H,8-25H2,1-7H3,(H,37,38). The van der Waals surface area contributed by atoms with Crippen LogP contribution in [0.5, 0.6) is 5.75 Å². The van der Waals surface area contributed by atoms with E-state index in [-0.39, 0.29) is 34.0 Å². The molecule has 2 rings (SSSR count). The molecule has 6 heteroatoms. The lowest BCUT2D eigenvalue weighted by molar-refractivity contribution is -0.159. The summed E-state index contributed by atoms with van der Waals surface area (Å²) < 4.78 is 0. The summed E-state index contributed by atoms with van der Waals surface area (Å²) in [5.74, 6) is -1.81. The highest BCUT2D eigenvalue weighted by Crippen LogP contribution is 2.41. The molecule has 0 heterocycles. The molecule has 0 radical (unpaired) electrons.